The third kappa shape index (κ3) is 38.4. The predicted octanol–water partition coefficient (Wildman–Crippen LogP) is 15.6. The van der Waals surface area contributed by atoms with Crippen LogP contribution in [-0.4, -0.2) is 297 Å². The van der Waals surface area contributed by atoms with E-state index in [0.717, 1.165) is 167 Å². The molecule has 0 aromatic carbocycles. The van der Waals surface area contributed by atoms with Gasteiger partial charge in [-0.2, -0.15) is 0 Å². The van der Waals surface area contributed by atoms with E-state index in [9.17, 15) is 9.90 Å². The molecule has 0 aromatic heterocycles. The summed E-state index contributed by atoms with van der Waals surface area (Å²) in [5.74, 6) is -0.304. The fourth-order valence-corrected chi connectivity index (χ4v) is 15.0. The van der Waals surface area contributed by atoms with Crippen molar-refractivity contribution in [1.82, 2.24) is 5.32 Å². The fraction of sp³-hybridized carbons (Fsp3) is 0.989. The monoisotopic (exact) mass is 1710 g/mol. The number of carbonyl (C=O) groups excluding carboxylic acids is 1. The molecule has 0 aliphatic carbocycles. The van der Waals surface area contributed by atoms with Crippen molar-refractivity contribution in [3.63, 3.8) is 0 Å². The second kappa shape index (κ2) is 67.7. The Morgan fingerprint density at radius 1 is 0.235 bits per heavy atom. The summed E-state index contributed by atoms with van der Waals surface area (Å²) in [6.45, 7) is 39.2. The van der Waals surface area contributed by atoms with Gasteiger partial charge in [0.05, 0.1) is 33.0 Å². The van der Waals surface area contributed by atoms with Crippen molar-refractivity contribution in [2.45, 2.75) is 457 Å². The van der Waals surface area contributed by atoms with E-state index in [-0.39, 0.29) is 45.5 Å². The zero-order valence-electron chi connectivity index (χ0n) is 77.4. The van der Waals surface area contributed by atoms with Gasteiger partial charge in [0.25, 0.3) is 0 Å². The molecule has 0 radical (unpaired) electrons. The van der Waals surface area contributed by atoms with Crippen molar-refractivity contribution in [2.24, 2.45) is 0 Å². The first-order valence-electron chi connectivity index (χ1n) is 48.2. The van der Waals surface area contributed by atoms with E-state index < -0.39 is 160 Å². The van der Waals surface area contributed by atoms with E-state index in [1.165, 1.54) is 6.92 Å². The quantitative estimate of drug-likeness (QED) is 0.0536. The number of unbranched alkanes of at least 4 members (excludes halogenated alkanes) is 15. The number of amides is 1. The number of ether oxygens (including phenoxy) is 24. The van der Waals surface area contributed by atoms with Gasteiger partial charge in [-0.25, -0.2) is 0 Å². The van der Waals surface area contributed by atoms with Crippen molar-refractivity contribution < 1.29 is 124 Å². The molecular weight excluding hydrogens is 1530 g/mol. The predicted molar refractivity (Wildman–Crippen MR) is 458 cm³/mol. The van der Waals surface area contributed by atoms with E-state index in [0.29, 0.717) is 112 Å². The number of rotatable bonds is 74. The molecule has 5 saturated heterocycles. The Balaban J connectivity index is 1.95. The van der Waals surface area contributed by atoms with Gasteiger partial charge in [0.1, 0.15) is 122 Å². The van der Waals surface area contributed by atoms with Gasteiger partial charge in [-0.05, 0) is 96.3 Å². The highest BCUT2D eigenvalue weighted by Gasteiger charge is 2.60. The number of aliphatic hydroxyl groups is 1. The zero-order chi connectivity index (χ0) is 86.0. The Morgan fingerprint density at radius 3 is 0.832 bits per heavy atom. The highest BCUT2D eigenvalue weighted by molar-refractivity contribution is 5.73. The van der Waals surface area contributed by atoms with Crippen molar-refractivity contribution in [3.8, 4) is 0 Å². The van der Waals surface area contributed by atoms with Crippen LogP contribution in [0, 0.1) is 0 Å². The van der Waals surface area contributed by atoms with Gasteiger partial charge in [-0.15, -0.1) is 0 Å². The summed E-state index contributed by atoms with van der Waals surface area (Å²) in [7, 11) is 0. The number of nitrogens with one attached hydrogen (secondary N) is 1. The minimum absolute atomic E-state index is 0.0750. The Morgan fingerprint density at radius 2 is 0.471 bits per heavy atom. The minimum Gasteiger partial charge on any atom is -0.394 e. The molecule has 5 rings (SSSR count). The maximum Gasteiger partial charge on any atom is 0.217 e. The Hall–Kier alpha value is -1.53. The van der Waals surface area contributed by atoms with Gasteiger partial charge in [0.15, 0.2) is 31.5 Å². The Bertz CT molecular complexity index is 2370. The standard InChI is InChI=1S/C92H175NO26/c1-17-32-47-96-63-69-75(100-51-36-21-5)81(105-56-41-26-10)84(107-58-43-28-12)89(114-69)111-66-72-77(102-53-38-23-7)83(86(109-60-45-30-14)91(116-72)117-78-71(65-98-49-34-19-3)113-88(110-61-46-31-15)73(93-67(16)95)79(78)103-54-39-24-8)118-92-87(82(106-57-42-27-11)76(101-52-37-22-6)70(115-92)64-97-48-33-18-2)119-90-85(108-59-44-29-13)80(104-55-40-25-9)74(68(62-94)112-90)99-50-35-20-4/h68-92,94H,17-66H2,1-16H3,(H,93,95)/t68-,69?,70-,71?,72?,73?,74+,75+,76+,77-,78-,79-,80?,81-,82?,83-,84?,85?,86?,87?,88+,89-,90+,91-,92+/m0/s1. The lowest BCUT2D eigenvalue weighted by Gasteiger charge is -2.53. The van der Waals surface area contributed by atoms with E-state index in [2.05, 4.69) is 109 Å². The lowest BCUT2D eigenvalue weighted by atomic mass is 9.94. The van der Waals surface area contributed by atoms with Gasteiger partial charge >= 0.3 is 0 Å². The van der Waals surface area contributed by atoms with E-state index in [1.807, 2.05) is 0 Å². The molecule has 0 saturated carbocycles. The molecule has 119 heavy (non-hydrogen) atoms. The van der Waals surface area contributed by atoms with Crippen LogP contribution in [0.15, 0.2) is 0 Å². The lowest BCUT2D eigenvalue weighted by molar-refractivity contribution is -0.407. The van der Waals surface area contributed by atoms with Crippen LogP contribution < -0.4 is 5.32 Å². The van der Waals surface area contributed by atoms with Gasteiger partial charge in [0, 0.05) is 106 Å². The number of hydrogen-bond donors (Lipinski definition) is 2. The summed E-state index contributed by atoms with van der Waals surface area (Å²) in [6.07, 6.45) is 1.70. The number of aliphatic hydroxyl groups excluding tert-OH is 1. The Labute approximate surface area is 720 Å². The molecule has 5 aliphatic heterocycles. The maximum absolute atomic E-state index is 13.8. The average Bonchev–Trinajstić information content (AvgIpc) is 0.761. The van der Waals surface area contributed by atoms with Gasteiger partial charge in [-0.1, -0.05) is 200 Å². The molecule has 25 atom stereocenters. The van der Waals surface area contributed by atoms with E-state index >= 15 is 0 Å². The first kappa shape index (κ1) is 108. The molecular formula is C92H175NO26. The van der Waals surface area contributed by atoms with E-state index in [1.54, 1.807) is 0 Å². The molecule has 0 bridgehead atoms. The molecule has 5 aliphatic rings. The first-order valence-corrected chi connectivity index (χ1v) is 48.2. The zero-order valence-corrected chi connectivity index (χ0v) is 77.4. The number of hydrogen-bond acceptors (Lipinski definition) is 26. The van der Waals surface area contributed by atoms with Gasteiger partial charge in [-0.3, -0.25) is 4.79 Å². The van der Waals surface area contributed by atoms with Crippen LogP contribution in [0.25, 0.3) is 0 Å². The molecule has 10 unspecified atom stereocenters. The largest absolute Gasteiger partial charge is 0.394 e. The van der Waals surface area contributed by atoms with Crippen molar-refractivity contribution in [2.75, 3.05) is 132 Å². The van der Waals surface area contributed by atoms with Gasteiger partial charge in [0.2, 0.25) is 5.91 Å². The lowest BCUT2D eigenvalue weighted by Crippen LogP contribution is -2.70. The van der Waals surface area contributed by atoms with Crippen LogP contribution in [-0.2, 0) is 118 Å². The van der Waals surface area contributed by atoms with Crippen LogP contribution in [0.5, 0.6) is 0 Å². The summed E-state index contributed by atoms with van der Waals surface area (Å²) >= 11 is 0. The summed E-state index contributed by atoms with van der Waals surface area (Å²) in [5, 5.41) is 14.9. The molecule has 5 heterocycles. The van der Waals surface area contributed by atoms with Crippen molar-refractivity contribution >= 4 is 5.91 Å². The van der Waals surface area contributed by atoms with Crippen LogP contribution >= 0.6 is 0 Å². The molecule has 1 amide bonds. The average molecular weight is 1710 g/mol. The SMILES string of the molecule is CCCCOCC1O[C@H](OCC2O[C@@H](O[C@H]3C(COCCCC)O[C@@H](OCCCC)C(NC(C)=O)[C@@H]3OCCCC)C(OCCCC)[C@@H](O[C@H]3O[C@@H](COCCCC)[C@@H](OCCCC)C(OCCCC)C3O[C@H]3O[C@@H](CO)[C@@H](OCCCC)C(OCCCC)C3OCCCC)[C@H]2OCCCC)C(OCCCC)[C@@H](OCCCC)[C@@H]1OCCCC. The maximum atomic E-state index is 13.8. The minimum atomic E-state index is -1.39. The smallest absolute Gasteiger partial charge is 0.217 e. The summed E-state index contributed by atoms with van der Waals surface area (Å²) in [4.78, 5) is 13.8. The summed E-state index contributed by atoms with van der Waals surface area (Å²) in [6, 6.07) is -0.870. The molecule has 2 N–H and O–H groups in total. The van der Waals surface area contributed by atoms with Gasteiger partial charge < -0.3 is 124 Å². The topological polar surface area (TPSA) is 271 Å². The summed E-state index contributed by atoms with van der Waals surface area (Å²) in [5.41, 5.74) is 0. The van der Waals surface area contributed by atoms with Crippen LogP contribution in [0.3, 0.4) is 0 Å². The highest BCUT2D eigenvalue weighted by atomic mass is 16.8. The fourth-order valence-electron chi connectivity index (χ4n) is 15.0. The molecule has 27 heteroatoms. The second-order valence-corrected chi connectivity index (χ2v) is 32.8. The Kier molecular flexibility index (Phi) is 61.4. The first-order chi connectivity index (χ1) is 58.3. The molecule has 27 nitrogen and oxygen atoms in total. The second-order valence-electron chi connectivity index (χ2n) is 32.8. The normalized spacial score (nSPS) is 31.3. The molecule has 704 valence electrons. The molecule has 5 fully saturated rings. The summed E-state index contributed by atoms with van der Waals surface area (Å²) < 4.78 is 173. The van der Waals surface area contributed by atoms with Crippen molar-refractivity contribution in [3.05, 3.63) is 0 Å². The third-order valence-corrected chi connectivity index (χ3v) is 22.3. The molecule has 0 aromatic rings. The van der Waals surface area contributed by atoms with Crippen molar-refractivity contribution in [1.29, 1.82) is 0 Å². The molecule has 0 spiro atoms. The highest BCUT2D eigenvalue weighted by Crippen LogP contribution is 2.42. The van der Waals surface area contributed by atoms with Crippen LogP contribution in [0.4, 0.5) is 0 Å². The van der Waals surface area contributed by atoms with Crippen LogP contribution in [0.2, 0.25) is 0 Å². The third-order valence-electron chi connectivity index (χ3n) is 22.3. The van der Waals surface area contributed by atoms with Crippen LogP contribution in [0.1, 0.15) is 303 Å². The van der Waals surface area contributed by atoms with E-state index in [4.69, 9.17) is 114 Å². The number of carbonyl (C=O) groups is 1.